The van der Waals surface area contributed by atoms with E-state index in [1.807, 2.05) is 66.4 Å². The van der Waals surface area contributed by atoms with Crippen LogP contribution in [0.3, 0.4) is 0 Å². The Morgan fingerprint density at radius 3 is 2.27 bits per heavy atom. The maximum atomic E-state index is 12.6. The summed E-state index contributed by atoms with van der Waals surface area (Å²) in [5.74, 6) is 0.0378. The zero-order valence-electron chi connectivity index (χ0n) is 17.6. The Hall–Kier alpha value is -2.48. The van der Waals surface area contributed by atoms with Crippen molar-refractivity contribution < 1.29 is 13.2 Å². The quantitative estimate of drug-likeness (QED) is 0.681. The second-order valence-corrected chi connectivity index (χ2v) is 9.49. The summed E-state index contributed by atoms with van der Waals surface area (Å²) in [6.07, 6.45) is 1.62. The van der Waals surface area contributed by atoms with E-state index in [4.69, 9.17) is 0 Å². The van der Waals surface area contributed by atoms with Crippen molar-refractivity contribution in [3.63, 3.8) is 0 Å². The Morgan fingerprint density at radius 2 is 1.63 bits per heavy atom. The summed E-state index contributed by atoms with van der Waals surface area (Å²) in [6, 6.07) is 17.5. The van der Waals surface area contributed by atoms with Gasteiger partial charge in [0.15, 0.2) is 0 Å². The van der Waals surface area contributed by atoms with Crippen LogP contribution in [-0.4, -0.2) is 68.2 Å². The van der Waals surface area contributed by atoms with E-state index in [0.29, 0.717) is 39.3 Å². The van der Waals surface area contributed by atoms with Gasteiger partial charge < -0.3 is 4.90 Å². The van der Waals surface area contributed by atoms with Gasteiger partial charge in [-0.25, -0.2) is 8.42 Å². The maximum Gasteiger partial charge on any atom is 0.236 e. The van der Waals surface area contributed by atoms with Gasteiger partial charge in [0.05, 0.1) is 6.54 Å². The first-order valence-electron chi connectivity index (χ1n) is 10.1. The average molecular weight is 428 g/mol. The molecule has 0 saturated carbocycles. The van der Waals surface area contributed by atoms with Gasteiger partial charge in [-0.2, -0.15) is 4.31 Å². The molecule has 0 unspecified atom stereocenters. The SMILES string of the molecule is Cc1ccc(CN(C)C(=O)CN2CCN(S(=O)(=O)C=Cc3ccccc3)CC2)cc1. The van der Waals surface area contributed by atoms with E-state index in [1.165, 1.54) is 15.3 Å². The number of rotatable bonds is 7. The molecule has 1 saturated heterocycles. The summed E-state index contributed by atoms with van der Waals surface area (Å²) < 4.78 is 26.6. The number of amides is 1. The molecule has 160 valence electrons. The van der Waals surface area contributed by atoms with Crippen molar-refractivity contribution in [2.45, 2.75) is 13.5 Å². The first kappa shape index (κ1) is 22.2. The highest BCUT2D eigenvalue weighted by molar-refractivity contribution is 7.92. The van der Waals surface area contributed by atoms with Gasteiger partial charge in [-0.3, -0.25) is 9.69 Å². The molecule has 1 aliphatic rings. The molecule has 0 bridgehead atoms. The maximum absolute atomic E-state index is 12.6. The van der Waals surface area contributed by atoms with Gasteiger partial charge in [0, 0.05) is 45.2 Å². The smallest absolute Gasteiger partial charge is 0.236 e. The lowest BCUT2D eigenvalue weighted by Gasteiger charge is -2.33. The highest BCUT2D eigenvalue weighted by Gasteiger charge is 2.26. The molecule has 30 heavy (non-hydrogen) atoms. The molecule has 0 spiro atoms. The highest BCUT2D eigenvalue weighted by atomic mass is 32.2. The third-order valence-electron chi connectivity index (χ3n) is 5.25. The second-order valence-electron chi connectivity index (χ2n) is 7.67. The lowest BCUT2D eigenvalue weighted by Crippen LogP contribution is -2.50. The molecule has 1 fully saturated rings. The number of carbonyl (C=O) groups is 1. The number of sulfonamides is 1. The molecule has 0 radical (unpaired) electrons. The molecule has 1 heterocycles. The first-order valence-corrected chi connectivity index (χ1v) is 11.6. The van der Waals surface area contributed by atoms with Crippen molar-refractivity contribution in [2.75, 3.05) is 39.8 Å². The third kappa shape index (κ3) is 6.26. The van der Waals surface area contributed by atoms with Crippen molar-refractivity contribution in [2.24, 2.45) is 0 Å². The zero-order chi connectivity index (χ0) is 21.6. The molecule has 1 aliphatic heterocycles. The minimum Gasteiger partial charge on any atom is -0.340 e. The number of hydrogen-bond donors (Lipinski definition) is 0. The van der Waals surface area contributed by atoms with Crippen LogP contribution < -0.4 is 0 Å². The fourth-order valence-electron chi connectivity index (χ4n) is 3.32. The minimum absolute atomic E-state index is 0.0378. The normalized spacial score (nSPS) is 16.1. The van der Waals surface area contributed by atoms with E-state index in [0.717, 1.165) is 11.1 Å². The fourth-order valence-corrected chi connectivity index (χ4v) is 4.50. The van der Waals surface area contributed by atoms with Gasteiger partial charge in [0.1, 0.15) is 0 Å². The monoisotopic (exact) mass is 427 g/mol. The summed E-state index contributed by atoms with van der Waals surface area (Å²) in [7, 11) is -1.66. The number of carbonyl (C=O) groups excluding carboxylic acids is 1. The molecular weight excluding hydrogens is 398 g/mol. The standard InChI is InChI=1S/C23H29N3O3S/c1-20-8-10-22(11-9-20)18-24(2)23(27)19-25-13-15-26(16-14-25)30(28,29)17-12-21-6-4-3-5-7-21/h3-12,17H,13-16,18-19H2,1-2H3. The lowest BCUT2D eigenvalue weighted by atomic mass is 10.1. The van der Waals surface area contributed by atoms with Gasteiger partial charge in [0.2, 0.25) is 15.9 Å². The van der Waals surface area contributed by atoms with Gasteiger partial charge in [0.25, 0.3) is 0 Å². The van der Waals surface area contributed by atoms with Crippen LogP contribution in [0.15, 0.2) is 60.0 Å². The topological polar surface area (TPSA) is 60.9 Å². The molecule has 0 atom stereocenters. The predicted molar refractivity (Wildman–Crippen MR) is 120 cm³/mol. The third-order valence-corrected chi connectivity index (χ3v) is 6.81. The van der Waals surface area contributed by atoms with Gasteiger partial charge >= 0.3 is 0 Å². The summed E-state index contributed by atoms with van der Waals surface area (Å²) in [5, 5.41) is 1.26. The number of hydrogen-bond acceptors (Lipinski definition) is 4. The van der Waals surface area contributed by atoms with Gasteiger partial charge in [-0.1, -0.05) is 60.2 Å². The van der Waals surface area contributed by atoms with Crippen LogP contribution in [0.4, 0.5) is 0 Å². The van der Waals surface area contributed by atoms with E-state index >= 15 is 0 Å². The average Bonchev–Trinajstić information content (AvgIpc) is 2.75. The Balaban J connectivity index is 1.48. The van der Waals surface area contributed by atoms with Gasteiger partial charge in [-0.15, -0.1) is 0 Å². The number of benzene rings is 2. The molecule has 7 heteroatoms. The van der Waals surface area contributed by atoms with Crippen molar-refractivity contribution >= 4 is 22.0 Å². The van der Waals surface area contributed by atoms with Crippen LogP contribution >= 0.6 is 0 Å². The van der Waals surface area contributed by atoms with Crippen LogP contribution in [0.2, 0.25) is 0 Å². The highest BCUT2D eigenvalue weighted by Crippen LogP contribution is 2.12. The number of likely N-dealkylation sites (N-methyl/N-ethyl adjacent to an activating group) is 1. The van der Waals surface area contributed by atoms with Crippen LogP contribution in [0.1, 0.15) is 16.7 Å². The zero-order valence-corrected chi connectivity index (χ0v) is 18.4. The molecule has 0 aliphatic carbocycles. The fraction of sp³-hybridized carbons (Fsp3) is 0.348. The van der Waals surface area contributed by atoms with Crippen molar-refractivity contribution in [3.8, 4) is 0 Å². The van der Waals surface area contributed by atoms with Crippen LogP contribution in [0.25, 0.3) is 6.08 Å². The number of nitrogens with zero attached hydrogens (tertiary/aromatic N) is 3. The summed E-state index contributed by atoms with van der Waals surface area (Å²) in [5.41, 5.74) is 3.14. The van der Waals surface area contributed by atoms with Crippen molar-refractivity contribution in [1.82, 2.24) is 14.1 Å². The predicted octanol–water partition coefficient (Wildman–Crippen LogP) is 2.57. The molecule has 2 aromatic rings. The molecule has 0 aromatic heterocycles. The lowest BCUT2D eigenvalue weighted by molar-refractivity contribution is -0.131. The largest absolute Gasteiger partial charge is 0.340 e. The van der Waals surface area contributed by atoms with E-state index in [1.54, 1.807) is 18.0 Å². The van der Waals surface area contributed by atoms with E-state index in [2.05, 4.69) is 0 Å². The van der Waals surface area contributed by atoms with Crippen molar-refractivity contribution in [3.05, 3.63) is 76.7 Å². The Labute approximate surface area is 179 Å². The summed E-state index contributed by atoms with van der Waals surface area (Å²) >= 11 is 0. The minimum atomic E-state index is -3.46. The number of aryl methyl sites for hydroxylation is 1. The van der Waals surface area contributed by atoms with Crippen LogP contribution in [0, 0.1) is 6.92 Å². The Bertz CT molecular complexity index is 965. The molecular formula is C23H29N3O3S. The van der Waals surface area contributed by atoms with Crippen LogP contribution in [0.5, 0.6) is 0 Å². The molecule has 0 N–H and O–H groups in total. The van der Waals surface area contributed by atoms with Crippen LogP contribution in [-0.2, 0) is 21.4 Å². The van der Waals surface area contributed by atoms with E-state index < -0.39 is 10.0 Å². The summed E-state index contributed by atoms with van der Waals surface area (Å²) in [6.45, 7) is 4.77. The van der Waals surface area contributed by atoms with Gasteiger partial charge in [-0.05, 0) is 24.1 Å². The summed E-state index contributed by atoms with van der Waals surface area (Å²) in [4.78, 5) is 16.3. The first-order chi connectivity index (χ1) is 14.3. The van der Waals surface area contributed by atoms with E-state index in [-0.39, 0.29) is 5.91 Å². The molecule has 2 aromatic carbocycles. The second kappa shape index (κ2) is 10.0. The molecule has 3 rings (SSSR count). The van der Waals surface area contributed by atoms with Crippen molar-refractivity contribution in [1.29, 1.82) is 0 Å². The number of piperazine rings is 1. The molecule has 1 amide bonds. The molecule has 6 nitrogen and oxygen atoms in total. The van der Waals surface area contributed by atoms with E-state index in [9.17, 15) is 13.2 Å². The Kier molecular flexibility index (Phi) is 7.42. The Morgan fingerprint density at radius 1 is 1.00 bits per heavy atom.